The molecule has 0 spiro atoms. The molecule has 2 atom stereocenters. The van der Waals surface area contributed by atoms with Gasteiger partial charge in [0.1, 0.15) is 0 Å². The number of hydrogen-bond donors (Lipinski definition) is 3. The summed E-state index contributed by atoms with van der Waals surface area (Å²) in [6, 6.07) is 0. The van der Waals surface area contributed by atoms with Crippen LogP contribution in [0.3, 0.4) is 0 Å². The summed E-state index contributed by atoms with van der Waals surface area (Å²) in [7, 11) is 1.66. The maximum Gasteiger partial charge on any atom is 0.227 e. The summed E-state index contributed by atoms with van der Waals surface area (Å²) in [4.78, 5) is 16.5. The third kappa shape index (κ3) is 7.98. The van der Waals surface area contributed by atoms with Gasteiger partial charge in [-0.25, -0.2) is 0 Å². The molecule has 154 valence electrons. The van der Waals surface area contributed by atoms with Crippen molar-refractivity contribution in [2.75, 3.05) is 33.3 Å². The SMILES string of the molecule is CCNC(=NCC(C)(C)C(=O)NC)NCC1CCCOC1C(C)(C)C.I. The highest BCUT2D eigenvalue weighted by Crippen LogP contribution is 2.33. The van der Waals surface area contributed by atoms with E-state index in [1.165, 1.54) is 0 Å². The molecule has 0 bridgehead atoms. The second-order valence-corrected chi connectivity index (χ2v) is 8.60. The largest absolute Gasteiger partial charge is 0.377 e. The fourth-order valence-electron chi connectivity index (χ4n) is 3.27. The van der Waals surface area contributed by atoms with E-state index >= 15 is 0 Å². The van der Waals surface area contributed by atoms with Crippen LogP contribution in [-0.2, 0) is 9.53 Å². The molecule has 3 N–H and O–H groups in total. The van der Waals surface area contributed by atoms with Crippen molar-refractivity contribution in [2.24, 2.45) is 21.7 Å². The number of ether oxygens (including phenoxy) is 1. The third-order valence-electron chi connectivity index (χ3n) is 4.65. The zero-order valence-electron chi connectivity index (χ0n) is 17.6. The molecule has 0 aromatic heterocycles. The van der Waals surface area contributed by atoms with Crippen molar-refractivity contribution in [1.29, 1.82) is 0 Å². The molecule has 0 saturated carbocycles. The Morgan fingerprint density at radius 2 is 1.85 bits per heavy atom. The number of carbonyl (C=O) groups is 1. The van der Waals surface area contributed by atoms with Gasteiger partial charge in [0.05, 0.1) is 18.1 Å². The molecule has 1 aliphatic rings. The van der Waals surface area contributed by atoms with Crippen molar-refractivity contribution in [3.05, 3.63) is 0 Å². The molecule has 0 aromatic rings. The molecule has 6 nitrogen and oxygen atoms in total. The Balaban J connectivity index is 0.00000625. The van der Waals surface area contributed by atoms with Crippen molar-refractivity contribution >= 4 is 35.8 Å². The first-order chi connectivity index (χ1) is 11.6. The van der Waals surface area contributed by atoms with Crippen LogP contribution in [-0.4, -0.2) is 51.3 Å². The topological polar surface area (TPSA) is 74.8 Å². The predicted molar refractivity (Wildman–Crippen MR) is 119 cm³/mol. The van der Waals surface area contributed by atoms with Gasteiger partial charge in [-0.2, -0.15) is 0 Å². The Hall–Kier alpha value is -0.570. The van der Waals surface area contributed by atoms with Crippen LogP contribution in [0.4, 0.5) is 0 Å². The molecule has 0 radical (unpaired) electrons. The van der Waals surface area contributed by atoms with Crippen LogP contribution in [0.5, 0.6) is 0 Å². The second-order valence-electron chi connectivity index (χ2n) is 8.60. The molecule has 1 heterocycles. The van der Waals surface area contributed by atoms with Gasteiger partial charge in [0.25, 0.3) is 0 Å². The Morgan fingerprint density at radius 3 is 2.38 bits per heavy atom. The monoisotopic (exact) mass is 482 g/mol. The van der Waals surface area contributed by atoms with E-state index in [1.54, 1.807) is 7.05 Å². The lowest BCUT2D eigenvalue weighted by Crippen LogP contribution is -2.48. The number of amides is 1. The number of guanidine groups is 1. The van der Waals surface area contributed by atoms with Crippen LogP contribution in [0.25, 0.3) is 0 Å². The molecule has 1 rings (SSSR count). The molecular formula is C19H39IN4O2. The van der Waals surface area contributed by atoms with Gasteiger partial charge in [-0.15, -0.1) is 24.0 Å². The molecule has 1 amide bonds. The highest BCUT2D eigenvalue weighted by molar-refractivity contribution is 14.0. The van der Waals surface area contributed by atoms with E-state index in [0.717, 1.165) is 38.5 Å². The van der Waals surface area contributed by atoms with Crippen LogP contribution < -0.4 is 16.0 Å². The van der Waals surface area contributed by atoms with Crippen molar-refractivity contribution < 1.29 is 9.53 Å². The van der Waals surface area contributed by atoms with E-state index in [9.17, 15) is 4.79 Å². The molecule has 1 fully saturated rings. The van der Waals surface area contributed by atoms with Gasteiger partial charge < -0.3 is 20.7 Å². The quantitative estimate of drug-likeness (QED) is 0.309. The molecule has 0 aromatic carbocycles. The van der Waals surface area contributed by atoms with Gasteiger partial charge >= 0.3 is 0 Å². The van der Waals surface area contributed by atoms with Gasteiger partial charge in [0.15, 0.2) is 5.96 Å². The number of halogens is 1. The minimum atomic E-state index is -0.529. The van der Waals surface area contributed by atoms with Gasteiger partial charge in [-0.3, -0.25) is 9.79 Å². The van der Waals surface area contributed by atoms with Crippen LogP contribution in [0.1, 0.15) is 54.4 Å². The lowest BCUT2D eigenvalue weighted by Gasteiger charge is -2.40. The van der Waals surface area contributed by atoms with E-state index in [1.807, 2.05) is 20.8 Å². The average molecular weight is 482 g/mol. The highest BCUT2D eigenvalue weighted by atomic mass is 127. The van der Waals surface area contributed by atoms with Crippen LogP contribution in [0, 0.1) is 16.7 Å². The number of nitrogens with zero attached hydrogens (tertiary/aromatic N) is 1. The van der Waals surface area contributed by atoms with Crippen molar-refractivity contribution in [1.82, 2.24) is 16.0 Å². The predicted octanol–water partition coefficient (Wildman–Crippen LogP) is 2.77. The van der Waals surface area contributed by atoms with E-state index in [4.69, 9.17) is 4.74 Å². The van der Waals surface area contributed by atoms with Crippen molar-refractivity contribution in [3.63, 3.8) is 0 Å². The summed E-state index contributed by atoms with van der Waals surface area (Å²) in [6.07, 6.45) is 2.52. The fraction of sp³-hybridized carbons (Fsp3) is 0.895. The fourth-order valence-corrected chi connectivity index (χ4v) is 3.27. The van der Waals surface area contributed by atoms with Gasteiger partial charge in [-0.1, -0.05) is 20.8 Å². The van der Waals surface area contributed by atoms with E-state index in [0.29, 0.717) is 12.5 Å². The summed E-state index contributed by atoms with van der Waals surface area (Å²) >= 11 is 0. The first-order valence-corrected chi connectivity index (χ1v) is 9.47. The normalized spacial score (nSPS) is 21.6. The zero-order valence-corrected chi connectivity index (χ0v) is 19.9. The Kier molecular flexibility index (Phi) is 11.1. The molecule has 1 saturated heterocycles. The number of rotatable bonds is 6. The lowest BCUT2D eigenvalue weighted by molar-refractivity contribution is -0.128. The molecule has 26 heavy (non-hydrogen) atoms. The highest BCUT2D eigenvalue weighted by Gasteiger charge is 2.35. The van der Waals surface area contributed by atoms with Gasteiger partial charge in [0, 0.05) is 32.7 Å². The second kappa shape index (κ2) is 11.3. The number of carbonyl (C=O) groups excluding carboxylic acids is 1. The van der Waals surface area contributed by atoms with Crippen LogP contribution in [0.15, 0.2) is 4.99 Å². The molecule has 7 heteroatoms. The van der Waals surface area contributed by atoms with Gasteiger partial charge in [0.2, 0.25) is 5.91 Å². The van der Waals surface area contributed by atoms with Crippen LogP contribution >= 0.6 is 24.0 Å². The maximum atomic E-state index is 11.9. The van der Waals surface area contributed by atoms with Gasteiger partial charge in [-0.05, 0) is 39.0 Å². The Bertz CT molecular complexity index is 461. The Morgan fingerprint density at radius 1 is 1.19 bits per heavy atom. The number of nitrogens with one attached hydrogen (secondary N) is 3. The average Bonchev–Trinajstić information content (AvgIpc) is 2.56. The first kappa shape index (κ1) is 25.4. The van der Waals surface area contributed by atoms with E-state index in [2.05, 4.69) is 41.7 Å². The summed E-state index contributed by atoms with van der Waals surface area (Å²) in [5.41, 5.74) is -0.400. The summed E-state index contributed by atoms with van der Waals surface area (Å²) in [6.45, 7) is 15.5. The summed E-state index contributed by atoms with van der Waals surface area (Å²) in [5.74, 6) is 1.22. The Labute approximate surface area is 176 Å². The standard InChI is InChI=1S/C19H38N4O2.HI/c1-8-21-17(23-13-19(5,6)16(24)20-7)22-12-14-10-9-11-25-15(14)18(2,3)4;/h14-15H,8-13H2,1-7H3,(H,20,24)(H2,21,22,23);1H. The summed E-state index contributed by atoms with van der Waals surface area (Å²) < 4.78 is 6.05. The molecule has 0 aliphatic carbocycles. The molecular weight excluding hydrogens is 443 g/mol. The minimum Gasteiger partial charge on any atom is -0.377 e. The van der Waals surface area contributed by atoms with E-state index < -0.39 is 5.41 Å². The lowest BCUT2D eigenvalue weighted by atomic mass is 9.78. The zero-order chi connectivity index (χ0) is 19.1. The van der Waals surface area contributed by atoms with Crippen molar-refractivity contribution in [2.45, 2.75) is 60.5 Å². The van der Waals surface area contributed by atoms with E-state index in [-0.39, 0.29) is 41.4 Å². The number of aliphatic imine (C=N–C) groups is 1. The third-order valence-corrected chi connectivity index (χ3v) is 4.65. The van der Waals surface area contributed by atoms with Crippen molar-refractivity contribution in [3.8, 4) is 0 Å². The van der Waals surface area contributed by atoms with Crippen LogP contribution in [0.2, 0.25) is 0 Å². The minimum absolute atomic E-state index is 0. The summed E-state index contributed by atoms with van der Waals surface area (Å²) in [5, 5.41) is 9.42. The smallest absolute Gasteiger partial charge is 0.227 e. The molecule has 2 unspecified atom stereocenters. The molecule has 1 aliphatic heterocycles. The number of hydrogen-bond acceptors (Lipinski definition) is 3. The first-order valence-electron chi connectivity index (χ1n) is 9.47. The maximum absolute atomic E-state index is 11.9.